The second-order valence-corrected chi connectivity index (χ2v) is 8.75. The minimum atomic E-state index is 0.0278. The summed E-state index contributed by atoms with van der Waals surface area (Å²) in [5.41, 5.74) is 9.38. The van der Waals surface area contributed by atoms with Gasteiger partial charge >= 0.3 is 0 Å². The fraction of sp³-hybridized carbons (Fsp3) is 0.500. The number of hydrogen-bond donors (Lipinski definition) is 4. The molecule has 2 heterocycles. The summed E-state index contributed by atoms with van der Waals surface area (Å²) < 4.78 is 0. The zero-order valence-corrected chi connectivity index (χ0v) is 18.1. The highest BCUT2D eigenvalue weighted by atomic mass is 15.2. The predicted octanol–water partition coefficient (Wildman–Crippen LogP) is 3.77. The molecule has 2 aromatic rings. The molecule has 1 aromatic heterocycles. The normalized spacial score (nSPS) is 20.9. The van der Waals surface area contributed by atoms with Gasteiger partial charge in [-0.1, -0.05) is 24.3 Å². The number of likely N-dealkylation sites (tertiary alicyclic amines) is 1. The van der Waals surface area contributed by atoms with E-state index in [1.165, 1.54) is 48.0 Å². The number of aryl methyl sites for hydroxylation is 1. The van der Waals surface area contributed by atoms with E-state index >= 15 is 0 Å². The van der Waals surface area contributed by atoms with Crippen molar-refractivity contribution in [3.05, 3.63) is 60.6 Å². The molecule has 1 aliphatic heterocycles. The molecule has 1 saturated heterocycles. The molecule has 1 saturated carbocycles. The Morgan fingerprint density at radius 2 is 2.14 bits per heavy atom. The standard InChI is InChI=1S/C18H26N4.C6H11N/c1-13-6-7-18-15(9-13)10-17(21-18)11-19-14(2)20-16-5-4-8-22(3)12-16;1-2-6(7)4-3-5-6/h6-7,9-10,16,19-21H,2,4-5,8,11-12H2,1,3H3;2H,1,3-5,7H2. The van der Waals surface area contributed by atoms with E-state index in [0.29, 0.717) is 6.04 Å². The molecule has 158 valence electrons. The van der Waals surface area contributed by atoms with Crippen LogP contribution >= 0.6 is 0 Å². The summed E-state index contributed by atoms with van der Waals surface area (Å²) in [6.07, 6.45) is 7.88. The molecule has 1 aromatic carbocycles. The number of nitrogens with two attached hydrogens (primary N) is 1. The number of aromatic amines is 1. The monoisotopic (exact) mass is 395 g/mol. The van der Waals surface area contributed by atoms with Crippen molar-refractivity contribution >= 4 is 10.9 Å². The van der Waals surface area contributed by atoms with Gasteiger partial charge in [0.1, 0.15) is 0 Å². The van der Waals surface area contributed by atoms with Crippen molar-refractivity contribution in [2.45, 2.75) is 57.2 Å². The van der Waals surface area contributed by atoms with Gasteiger partial charge in [0.15, 0.2) is 0 Å². The molecule has 1 aliphatic carbocycles. The van der Waals surface area contributed by atoms with Crippen LogP contribution in [-0.4, -0.2) is 41.6 Å². The number of hydrogen-bond acceptors (Lipinski definition) is 4. The minimum absolute atomic E-state index is 0.0278. The summed E-state index contributed by atoms with van der Waals surface area (Å²) in [7, 11) is 2.18. The Labute approximate surface area is 175 Å². The van der Waals surface area contributed by atoms with E-state index in [1.54, 1.807) is 0 Å². The second-order valence-electron chi connectivity index (χ2n) is 8.75. The van der Waals surface area contributed by atoms with Crippen LogP contribution in [0.25, 0.3) is 10.9 Å². The lowest BCUT2D eigenvalue weighted by Gasteiger charge is -2.34. The molecule has 5 N–H and O–H groups in total. The molecule has 0 bridgehead atoms. The van der Waals surface area contributed by atoms with E-state index in [4.69, 9.17) is 5.73 Å². The summed E-state index contributed by atoms with van der Waals surface area (Å²) in [6.45, 7) is 12.9. The van der Waals surface area contributed by atoms with Crippen LogP contribution in [0.2, 0.25) is 0 Å². The van der Waals surface area contributed by atoms with Gasteiger partial charge in [0, 0.05) is 29.3 Å². The molecule has 0 amide bonds. The molecule has 1 unspecified atom stereocenters. The van der Waals surface area contributed by atoms with Gasteiger partial charge in [-0.05, 0) is 76.2 Å². The van der Waals surface area contributed by atoms with Crippen molar-refractivity contribution in [2.24, 2.45) is 5.73 Å². The number of piperidine rings is 1. The first-order valence-corrected chi connectivity index (χ1v) is 10.8. The van der Waals surface area contributed by atoms with E-state index in [-0.39, 0.29) is 5.54 Å². The highest BCUT2D eigenvalue weighted by molar-refractivity contribution is 5.81. The molecule has 5 nitrogen and oxygen atoms in total. The topological polar surface area (TPSA) is 69.1 Å². The molecule has 2 fully saturated rings. The van der Waals surface area contributed by atoms with Gasteiger partial charge < -0.3 is 26.3 Å². The number of rotatable bonds is 6. The molecular weight excluding hydrogens is 358 g/mol. The molecule has 0 radical (unpaired) electrons. The van der Waals surface area contributed by atoms with Crippen LogP contribution < -0.4 is 16.4 Å². The molecule has 1 atom stereocenters. The number of nitrogens with one attached hydrogen (secondary N) is 3. The van der Waals surface area contributed by atoms with E-state index in [9.17, 15) is 0 Å². The van der Waals surface area contributed by atoms with Gasteiger partial charge in [0.25, 0.3) is 0 Å². The van der Waals surface area contributed by atoms with Crippen molar-refractivity contribution in [1.82, 2.24) is 20.5 Å². The molecule has 5 heteroatoms. The lowest BCUT2D eigenvalue weighted by atomic mass is 9.78. The zero-order chi connectivity index (χ0) is 20.9. The summed E-state index contributed by atoms with van der Waals surface area (Å²) in [4.78, 5) is 5.82. The third-order valence-electron chi connectivity index (χ3n) is 6.02. The Bertz CT molecular complexity index is 833. The first-order chi connectivity index (χ1) is 13.9. The molecule has 4 rings (SSSR count). The molecule has 0 spiro atoms. The predicted molar refractivity (Wildman–Crippen MR) is 124 cm³/mol. The summed E-state index contributed by atoms with van der Waals surface area (Å²) in [5.74, 6) is 0.912. The van der Waals surface area contributed by atoms with E-state index in [2.05, 4.69) is 71.9 Å². The highest BCUT2D eigenvalue weighted by Gasteiger charge is 2.28. The van der Waals surface area contributed by atoms with Gasteiger partial charge in [-0.2, -0.15) is 0 Å². The Balaban J connectivity index is 0.000000290. The third kappa shape index (κ3) is 6.12. The van der Waals surface area contributed by atoms with Crippen LogP contribution in [0.5, 0.6) is 0 Å². The highest BCUT2D eigenvalue weighted by Crippen LogP contribution is 2.29. The summed E-state index contributed by atoms with van der Waals surface area (Å²) >= 11 is 0. The number of benzene rings is 1. The first-order valence-electron chi connectivity index (χ1n) is 10.8. The number of nitrogens with zero attached hydrogens (tertiary/aromatic N) is 1. The van der Waals surface area contributed by atoms with Gasteiger partial charge in [-0.25, -0.2) is 0 Å². The number of fused-ring (bicyclic) bond motifs is 1. The second kappa shape index (κ2) is 9.51. The molecule has 29 heavy (non-hydrogen) atoms. The quantitative estimate of drug-likeness (QED) is 0.562. The SMILES string of the molecule is C=C(NCc1cc2cc(C)ccc2[nH]1)NC1CCCN(C)C1.C=CC1(N)CCC1. The largest absolute Gasteiger partial charge is 0.368 e. The maximum Gasteiger partial charge on any atom is 0.0918 e. The summed E-state index contributed by atoms with van der Waals surface area (Å²) in [5, 5.41) is 8.15. The fourth-order valence-corrected chi connectivity index (χ4v) is 3.98. The van der Waals surface area contributed by atoms with Crippen LogP contribution in [0, 0.1) is 6.92 Å². The van der Waals surface area contributed by atoms with Crippen molar-refractivity contribution in [1.29, 1.82) is 0 Å². The van der Waals surface area contributed by atoms with Gasteiger partial charge in [0.2, 0.25) is 0 Å². The summed E-state index contributed by atoms with van der Waals surface area (Å²) in [6, 6.07) is 9.19. The van der Waals surface area contributed by atoms with Crippen LogP contribution in [0.15, 0.2) is 49.3 Å². The van der Waals surface area contributed by atoms with Crippen molar-refractivity contribution in [3.8, 4) is 0 Å². The Morgan fingerprint density at radius 1 is 1.34 bits per heavy atom. The smallest absolute Gasteiger partial charge is 0.0918 e. The number of likely N-dealkylation sites (N-methyl/N-ethyl adjacent to an activating group) is 1. The van der Waals surface area contributed by atoms with E-state index < -0.39 is 0 Å². The van der Waals surface area contributed by atoms with Crippen LogP contribution in [0.1, 0.15) is 43.4 Å². The van der Waals surface area contributed by atoms with Crippen molar-refractivity contribution in [2.75, 3.05) is 20.1 Å². The average Bonchev–Trinajstić information content (AvgIpc) is 3.07. The maximum atomic E-state index is 5.68. The lowest BCUT2D eigenvalue weighted by Crippen LogP contribution is -2.45. The fourth-order valence-electron chi connectivity index (χ4n) is 3.98. The average molecular weight is 396 g/mol. The van der Waals surface area contributed by atoms with Crippen LogP contribution in [0.4, 0.5) is 0 Å². The van der Waals surface area contributed by atoms with Crippen LogP contribution in [0.3, 0.4) is 0 Å². The van der Waals surface area contributed by atoms with E-state index in [0.717, 1.165) is 31.8 Å². The van der Waals surface area contributed by atoms with Crippen molar-refractivity contribution in [3.63, 3.8) is 0 Å². The van der Waals surface area contributed by atoms with Crippen LogP contribution in [-0.2, 0) is 6.54 Å². The number of H-pyrrole nitrogens is 1. The maximum absolute atomic E-state index is 5.68. The first kappa shape index (κ1) is 21.5. The minimum Gasteiger partial charge on any atom is -0.368 e. The molecular formula is C24H37N5. The lowest BCUT2D eigenvalue weighted by molar-refractivity contribution is 0.233. The Kier molecular flexibility index (Phi) is 7.04. The van der Waals surface area contributed by atoms with Crippen molar-refractivity contribution < 1.29 is 0 Å². The van der Waals surface area contributed by atoms with Gasteiger partial charge in [0.05, 0.1) is 12.4 Å². The van der Waals surface area contributed by atoms with Gasteiger partial charge in [-0.15, -0.1) is 6.58 Å². The third-order valence-corrected chi connectivity index (χ3v) is 6.02. The molecule has 2 aliphatic rings. The zero-order valence-electron chi connectivity index (χ0n) is 18.1. The van der Waals surface area contributed by atoms with E-state index in [1.807, 2.05) is 6.08 Å². The Hall–Kier alpha value is -2.24. The number of aromatic nitrogens is 1. The Morgan fingerprint density at radius 3 is 2.76 bits per heavy atom. The van der Waals surface area contributed by atoms with Gasteiger partial charge in [-0.3, -0.25) is 0 Å².